The van der Waals surface area contributed by atoms with Crippen LogP contribution in [0.4, 0.5) is 8.78 Å². The van der Waals surface area contributed by atoms with Gasteiger partial charge in [-0.25, -0.2) is 0 Å². The maximum atomic E-state index is 12.0. The molecule has 1 fully saturated rings. The molecule has 0 aromatic heterocycles. The van der Waals surface area contributed by atoms with Crippen molar-refractivity contribution < 1.29 is 18.3 Å². The molecule has 0 bridgehead atoms. The van der Waals surface area contributed by atoms with Crippen LogP contribution in [0.5, 0.6) is 5.75 Å². The summed E-state index contributed by atoms with van der Waals surface area (Å²) in [5.74, 6) is 0.134. The number of nitrogens with one attached hydrogen (secondary N) is 1. The van der Waals surface area contributed by atoms with E-state index in [1.165, 1.54) is 12.1 Å². The quantitative estimate of drug-likeness (QED) is 0.794. The second kappa shape index (κ2) is 8.79. The van der Waals surface area contributed by atoms with Gasteiger partial charge in [-0.05, 0) is 37.0 Å². The zero-order valence-corrected chi connectivity index (χ0v) is 13.0. The van der Waals surface area contributed by atoms with Crippen molar-refractivity contribution in [2.45, 2.75) is 31.9 Å². The summed E-state index contributed by atoms with van der Waals surface area (Å²) in [6, 6.07) is 6.69. The standard InChI is InChI=1S/C16H23F2N3O2/c17-16(18)23-14-3-1-12(2-4-14)5-8-20-15(22)11-21-9-6-13(19)7-10-21/h1-4,13,16H,5-11,19H2,(H,20,22). The highest BCUT2D eigenvalue weighted by Crippen LogP contribution is 2.15. The first kappa shape index (κ1) is 17.6. The molecule has 5 nitrogen and oxygen atoms in total. The van der Waals surface area contributed by atoms with Crippen molar-refractivity contribution in [2.24, 2.45) is 5.73 Å². The summed E-state index contributed by atoms with van der Waals surface area (Å²) in [7, 11) is 0. The molecule has 1 amide bonds. The van der Waals surface area contributed by atoms with Gasteiger partial charge in [-0.2, -0.15) is 8.78 Å². The molecule has 0 spiro atoms. The van der Waals surface area contributed by atoms with E-state index in [0.717, 1.165) is 31.5 Å². The van der Waals surface area contributed by atoms with Crippen LogP contribution < -0.4 is 15.8 Å². The number of halogens is 2. The van der Waals surface area contributed by atoms with Crippen molar-refractivity contribution >= 4 is 5.91 Å². The summed E-state index contributed by atoms with van der Waals surface area (Å²) >= 11 is 0. The smallest absolute Gasteiger partial charge is 0.387 e. The Morgan fingerprint density at radius 2 is 1.96 bits per heavy atom. The Kier molecular flexibility index (Phi) is 6.73. The predicted molar refractivity (Wildman–Crippen MR) is 83.4 cm³/mol. The van der Waals surface area contributed by atoms with Crippen LogP contribution in [0, 0.1) is 0 Å². The molecular weight excluding hydrogens is 304 g/mol. The Balaban J connectivity index is 1.65. The first-order chi connectivity index (χ1) is 11.0. The molecule has 3 N–H and O–H groups in total. The lowest BCUT2D eigenvalue weighted by Gasteiger charge is -2.29. The van der Waals surface area contributed by atoms with Gasteiger partial charge in [0.15, 0.2) is 0 Å². The summed E-state index contributed by atoms with van der Waals surface area (Å²) in [4.78, 5) is 14.0. The van der Waals surface area contributed by atoms with E-state index >= 15 is 0 Å². The Hall–Kier alpha value is -1.73. The molecule has 1 aromatic rings. The molecule has 0 aliphatic carbocycles. The molecule has 23 heavy (non-hydrogen) atoms. The van der Waals surface area contributed by atoms with Gasteiger partial charge in [0.2, 0.25) is 5.91 Å². The van der Waals surface area contributed by atoms with Crippen LogP contribution in [-0.2, 0) is 11.2 Å². The summed E-state index contributed by atoms with van der Waals surface area (Å²) in [5.41, 5.74) is 6.79. The van der Waals surface area contributed by atoms with Crippen LogP contribution in [0.3, 0.4) is 0 Å². The lowest BCUT2D eigenvalue weighted by Crippen LogP contribution is -2.44. The molecule has 128 valence electrons. The highest BCUT2D eigenvalue weighted by molar-refractivity contribution is 5.78. The number of hydrogen-bond donors (Lipinski definition) is 2. The van der Waals surface area contributed by atoms with Crippen LogP contribution in [0.2, 0.25) is 0 Å². The van der Waals surface area contributed by atoms with Crippen LogP contribution in [0.25, 0.3) is 0 Å². The molecule has 1 heterocycles. The van der Waals surface area contributed by atoms with Crippen molar-refractivity contribution in [3.05, 3.63) is 29.8 Å². The number of piperidine rings is 1. The number of carbonyl (C=O) groups is 1. The molecule has 0 unspecified atom stereocenters. The van der Waals surface area contributed by atoms with E-state index in [-0.39, 0.29) is 17.7 Å². The Morgan fingerprint density at radius 3 is 2.57 bits per heavy atom. The van der Waals surface area contributed by atoms with Gasteiger partial charge in [0.05, 0.1) is 6.54 Å². The average Bonchev–Trinajstić information content (AvgIpc) is 2.51. The topological polar surface area (TPSA) is 67.6 Å². The molecule has 2 rings (SSSR count). The molecule has 0 atom stereocenters. The molecule has 1 aromatic carbocycles. The largest absolute Gasteiger partial charge is 0.435 e. The van der Waals surface area contributed by atoms with E-state index in [1.807, 2.05) is 0 Å². The lowest BCUT2D eigenvalue weighted by molar-refractivity contribution is -0.122. The fourth-order valence-corrected chi connectivity index (χ4v) is 2.55. The second-order valence-corrected chi connectivity index (χ2v) is 5.74. The fourth-order valence-electron chi connectivity index (χ4n) is 2.55. The summed E-state index contributed by atoms with van der Waals surface area (Å²) in [6.45, 7) is -0.181. The number of likely N-dealkylation sites (tertiary alicyclic amines) is 1. The van der Waals surface area contributed by atoms with E-state index in [0.29, 0.717) is 19.5 Å². The summed E-state index contributed by atoms with van der Waals surface area (Å²) < 4.78 is 28.4. The molecule has 1 aliphatic rings. The number of rotatable bonds is 7. The normalized spacial score (nSPS) is 16.5. The van der Waals surface area contributed by atoms with Gasteiger partial charge < -0.3 is 15.8 Å². The molecule has 1 aliphatic heterocycles. The zero-order chi connectivity index (χ0) is 16.7. The van der Waals surface area contributed by atoms with Gasteiger partial charge in [-0.15, -0.1) is 0 Å². The molecule has 0 saturated carbocycles. The van der Waals surface area contributed by atoms with Gasteiger partial charge in [0, 0.05) is 25.7 Å². The second-order valence-electron chi connectivity index (χ2n) is 5.74. The maximum Gasteiger partial charge on any atom is 0.387 e. The van der Waals surface area contributed by atoms with Crippen LogP contribution >= 0.6 is 0 Å². The van der Waals surface area contributed by atoms with Gasteiger partial charge >= 0.3 is 6.61 Å². The van der Waals surface area contributed by atoms with E-state index < -0.39 is 6.61 Å². The number of alkyl halides is 2. The summed E-state index contributed by atoms with van der Waals surface area (Å²) in [5, 5.41) is 2.87. The molecular formula is C16H23F2N3O2. The Bertz CT molecular complexity index is 489. The number of benzene rings is 1. The lowest BCUT2D eigenvalue weighted by atomic mass is 10.1. The SMILES string of the molecule is NC1CCN(CC(=O)NCCc2ccc(OC(F)F)cc2)CC1. The minimum atomic E-state index is -2.82. The van der Waals surface area contributed by atoms with E-state index in [2.05, 4.69) is 15.0 Å². The number of nitrogens with zero attached hydrogens (tertiary/aromatic N) is 1. The third kappa shape index (κ3) is 6.50. The van der Waals surface area contributed by atoms with Gasteiger partial charge in [0.25, 0.3) is 0 Å². The summed E-state index contributed by atoms with van der Waals surface area (Å²) in [6.07, 6.45) is 2.51. The van der Waals surface area contributed by atoms with Crippen molar-refractivity contribution in [1.29, 1.82) is 0 Å². The number of hydrogen-bond acceptors (Lipinski definition) is 4. The zero-order valence-electron chi connectivity index (χ0n) is 13.0. The van der Waals surface area contributed by atoms with E-state index in [4.69, 9.17) is 5.73 Å². The van der Waals surface area contributed by atoms with Gasteiger partial charge in [-0.3, -0.25) is 9.69 Å². The highest BCUT2D eigenvalue weighted by Gasteiger charge is 2.17. The highest BCUT2D eigenvalue weighted by atomic mass is 19.3. The van der Waals surface area contributed by atoms with Crippen molar-refractivity contribution in [3.8, 4) is 5.75 Å². The third-order valence-corrected chi connectivity index (χ3v) is 3.88. The predicted octanol–water partition coefficient (Wildman–Crippen LogP) is 1.37. The average molecular weight is 327 g/mol. The number of carbonyl (C=O) groups excluding carboxylic acids is 1. The first-order valence-electron chi connectivity index (χ1n) is 7.81. The number of nitrogens with two attached hydrogens (primary N) is 1. The molecule has 7 heteroatoms. The van der Waals surface area contributed by atoms with E-state index in [1.54, 1.807) is 12.1 Å². The van der Waals surface area contributed by atoms with Gasteiger partial charge in [0.1, 0.15) is 5.75 Å². The molecule has 0 radical (unpaired) electrons. The van der Waals surface area contributed by atoms with E-state index in [9.17, 15) is 13.6 Å². The Morgan fingerprint density at radius 1 is 1.30 bits per heavy atom. The van der Waals surface area contributed by atoms with Crippen molar-refractivity contribution in [2.75, 3.05) is 26.2 Å². The first-order valence-corrected chi connectivity index (χ1v) is 7.81. The maximum absolute atomic E-state index is 12.0. The fraction of sp³-hybridized carbons (Fsp3) is 0.562. The van der Waals surface area contributed by atoms with Crippen LogP contribution in [0.15, 0.2) is 24.3 Å². The molecule has 1 saturated heterocycles. The van der Waals surface area contributed by atoms with Crippen molar-refractivity contribution in [1.82, 2.24) is 10.2 Å². The number of amides is 1. The van der Waals surface area contributed by atoms with Gasteiger partial charge in [-0.1, -0.05) is 12.1 Å². The minimum Gasteiger partial charge on any atom is -0.435 e. The number of ether oxygens (including phenoxy) is 1. The van der Waals surface area contributed by atoms with Crippen molar-refractivity contribution in [3.63, 3.8) is 0 Å². The minimum absolute atomic E-state index is 0.00174. The third-order valence-electron chi connectivity index (χ3n) is 3.88. The van der Waals surface area contributed by atoms with Crippen LogP contribution in [-0.4, -0.2) is 49.6 Å². The monoisotopic (exact) mass is 327 g/mol. The Labute approximate surface area is 134 Å². The van der Waals surface area contributed by atoms with Crippen LogP contribution in [0.1, 0.15) is 18.4 Å².